The van der Waals surface area contributed by atoms with Crippen molar-refractivity contribution in [3.05, 3.63) is 35.4 Å². The molecule has 0 spiro atoms. The number of hydrogen-bond acceptors (Lipinski definition) is 2. The second-order valence-corrected chi connectivity index (χ2v) is 5.95. The normalized spacial score (nSPS) is 13.8. The highest BCUT2D eigenvalue weighted by Gasteiger charge is 2.38. The highest BCUT2D eigenvalue weighted by atomic mass is 16.4. The second-order valence-electron chi connectivity index (χ2n) is 5.95. The maximum absolute atomic E-state index is 12.1. The zero-order chi connectivity index (χ0) is 16.0. The second kappa shape index (κ2) is 7.25. The van der Waals surface area contributed by atoms with E-state index in [1.807, 2.05) is 38.1 Å². The van der Waals surface area contributed by atoms with E-state index in [2.05, 4.69) is 12.2 Å². The number of carboxylic acid groups (broad SMARTS) is 1. The van der Waals surface area contributed by atoms with Gasteiger partial charge in [-0.3, -0.25) is 9.59 Å². The quantitative estimate of drug-likeness (QED) is 0.811. The van der Waals surface area contributed by atoms with Gasteiger partial charge in [0.2, 0.25) is 5.91 Å². The predicted molar refractivity (Wildman–Crippen MR) is 82.9 cm³/mol. The number of hydrogen-bond donors (Lipinski definition) is 2. The number of nitrogens with one attached hydrogen (secondary N) is 1. The molecule has 1 aromatic rings. The van der Waals surface area contributed by atoms with Crippen molar-refractivity contribution in [1.82, 2.24) is 5.32 Å². The van der Waals surface area contributed by atoms with Gasteiger partial charge in [0.15, 0.2) is 0 Å². The number of carbonyl (C=O) groups is 2. The van der Waals surface area contributed by atoms with Gasteiger partial charge >= 0.3 is 5.97 Å². The van der Waals surface area contributed by atoms with E-state index in [1.54, 1.807) is 6.92 Å². The number of aryl methyl sites for hydroxylation is 1. The summed E-state index contributed by atoms with van der Waals surface area (Å²) < 4.78 is 0. The Balaban J connectivity index is 2.68. The van der Waals surface area contributed by atoms with E-state index < -0.39 is 11.4 Å². The highest BCUT2D eigenvalue weighted by molar-refractivity contribution is 5.84. The van der Waals surface area contributed by atoms with Crippen LogP contribution in [0.1, 0.15) is 45.2 Å². The molecule has 0 aliphatic carbocycles. The Labute approximate surface area is 126 Å². The van der Waals surface area contributed by atoms with Crippen molar-refractivity contribution in [2.45, 2.75) is 47.1 Å². The minimum Gasteiger partial charge on any atom is -0.481 e. The maximum Gasteiger partial charge on any atom is 0.310 e. The van der Waals surface area contributed by atoms with E-state index in [0.29, 0.717) is 6.54 Å². The first-order valence-corrected chi connectivity index (χ1v) is 7.38. The first-order valence-electron chi connectivity index (χ1n) is 7.38. The summed E-state index contributed by atoms with van der Waals surface area (Å²) in [7, 11) is 0. The summed E-state index contributed by atoms with van der Waals surface area (Å²) in [6, 6.07) is 7.94. The van der Waals surface area contributed by atoms with Crippen LogP contribution >= 0.6 is 0 Å². The van der Waals surface area contributed by atoms with Crippen LogP contribution in [0, 0.1) is 11.3 Å². The number of carbonyl (C=O) groups excluding carboxylic acids is 1. The van der Waals surface area contributed by atoms with Crippen LogP contribution in [0.15, 0.2) is 24.3 Å². The summed E-state index contributed by atoms with van der Waals surface area (Å²) in [6.07, 6.45) is 0.902. The van der Waals surface area contributed by atoms with Gasteiger partial charge in [0.05, 0.1) is 5.41 Å². The topological polar surface area (TPSA) is 66.4 Å². The molecule has 0 heterocycles. The average molecular weight is 291 g/mol. The van der Waals surface area contributed by atoms with Crippen LogP contribution in [0.5, 0.6) is 0 Å². The molecule has 0 saturated carbocycles. The van der Waals surface area contributed by atoms with Gasteiger partial charge in [-0.1, -0.05) is 45.0 Å². The average Bonchev–Trinajstić information content (AvgIpc) is 2.44. The molecule has 0 fully saturated rings. The largest absolute Gasteiger partial charge is 0.481 e. The molecule has 0 aromatic heterocycles. The SMILES string of the molecule is CCc1ccccc1CNC(=O)CC(C)(C(=O)O)C(C)C. The Hall–Kier alpha value is -1.84. The predicted octanol–water partition coefficient (Wildman–Crippen LogP) is 3.00. The lowest BCUT2D eigenvalue weighted by Crippen LogP contribution is -2.39. The molecule has 4 heteroatoms. The lowest BCUT2D eigenvalue weighted by Gasteiger charge is -2.28. The molecule has 1 unspecified atom stereocenters. The number of rotatable bonds is 7. The third-order valence-electron chi connectivity index (χ3n) is 4.27. The van der Waals surface area contributed by atoms with Crippen LogP contribution in [0.2, 0.25) is 0 Å². The minimum atomic E-state index is -1.03. The summed E-state index contributed by atoms with van der Waals surface area (Å²) in [6.45, 7) is 7.79. The lowest BCUT2D eigenvalue weighted by atomic mass is 9.76. The number of carboxylic acids is 1. The molecule has 0 aliphatic heterocycles. The van der Waals surface area contributed by atoms with Crippen LogP contribution in [-0.2, 0) is 22.6 Å². The maximum atomic E-state index is 12.1. The van der Waals surface area contributed by atoms with Crippen molar-refractivity contribution in [3.8, 4) is 0 Å². The van der Waals surface area contributed by atoms with Crippen molar-refractivity contribution in [3.63, 3.8) is 0 Å². The Bertz CT molecular complexity index is 511. The zero-order valence-corrected chi connectivity index (χ0v) is 13.3. The fraction of sp³-hybridized carbons (Fsp3) is 0.529. The van der Waals surface area contributed by atoms with Crippen molar-refractivity contribution >= 4 is 11.9 Å². The van der Waals surface area contributed by atoms with Gasteiger partial charge in [-0.2, -0.15) is 0 Å². The van der Waals surface area contributed by atoms with Crippen molar-refractivity contribution in [2.24, 2.45) is 11.3 Å². The Kier molecular flexibility index (Phi) is 5.94. The molecule has 21 heavy (non-hydrogen) atoms. The Morgan fingerprint density at radius 3 is 2.29 bits per heavy atom. The molecule has 1 aromatic carbocycles. The standard InChI is InChI=1S/C17H25NO3/c1-5-13-8-6-7-9-14(13)11-18-15(19)10-17(4,12(2)3)16(20)21/h6-9,12H,5,10-11H2,1-4H3,(H,18,19)(H,20,21). The molecule has 1 amide bonds. The van der Waals surface area contributed by atoms with E-state index in [9.17, 15) is 14.7 Å². The fourth-order valence-corrected chi connectivity index (χ4v) is 2.19. The summed E-state index contributed by atoms with van der Waals surface area (Å²) >= 11 is 0. The molecular formula is C17H25NO3. The minimum absolute atomic E-state index is 0.00566. The molecular weight excluding hydrogens is 266 g/mol. The molecule has 1 atom stereocenters. The van der Waals surface area contributed by atoms with Crippen LogP contribution in [0.25, 0.3) is 0 Å². The van der Waals surface area contributed by atoms with Crippen LogP contribution < -0.4 is 5.32 Å². The summed E-state index contributed by atoms with van der Waals surface area (Å²) in [5.74, 6) is -1.26. The van der Waals surface area contributed by atoms with Gasteiger partial charge < -0.3 is 10.4 Å². The van der Waals surface area contributed by atoms with Gasteiger partial charge in [-0.25, -0.2) is 0 Å². The van der Waals surface area contributed by atoms with Crippen molar-refractivity contribution in [2.75, 3.05) is 0 Å². The number of benzene rings is 1. The number of aliphatic carboxylic acids is 1. The van der Waals surface area contributed by atoms with E-state index in [-0.39, 0.29) is 18.2 Å². The van der Waals surface area contributed by atoms with Gasteiger partial charge in [-0.05, 0) is 30.4 Å². The summed E-state index contributed by atoms with van der Waals surface area (Å²) in [4.78, 5) is 23.5. The molecule has 116 valence electrons. The van der Waals surface area contributed by atoms with E-state index in [1.165, 1.54) is 5.56 Å². The monoisotopic (exact) mass is 291 g/mol. The molecule has 0 bridgehead atoms. The molecule has 4 nitrogen and oxygen atoms in total. The first kappa shape index (κ1) is 17.2. The molecule has 0 radical (unpaired) electrons. The smallest absolute Gasteiger partial charge is 0.310 e. The van der Waals surface area contributed by atoms with Crippen LogP contribution in [-0.4, -0.2) is 17.0 Å². The lowest BCUT2D eigenvalue weighted by molar-refractivity contribution is -0.153. The molecule has 1 rings (SSSR count). The Morgan fingerprint density at radius 1 is 1.24 bits per heavy atom. The molecule has 2 N–H and O–H groups in total. The van der Waals surface area contributed by atoms with Gasteiger partial charge in [0.1, 0.15) is 0 Å². The third kappa shape index (κ3) is 4.31. The molecule has 0 saturated heterocycles. The third-order valence-corrected chi connectivity index (χ3v) is 4.27. The van der Waals surface area contributed by atoms with Crippen LogP contribution in [0.4, 0.5) is 0 Å². The van der Waals surface area contributed by atoms with Crippen molar-refractivity contribution in [1.29, 1.82) is 0 Å². The number of amides is 1. The zero-order valence-electron chi connectivity index (χ0n) is 13.3. The highest BCUT2D eigenvalue weighted by Crippen LogP contribution is 2.31. The Morgan fingerprint density at radius 2 is 1.81 bits per heavy atom. The summed E-state index contributed by atoms with van der Waals surface area (Å²) in [5, 5.41) is 12.2. The van der Waals surface area contributed by atoms with Crippen LogP contribution in [0.3, 0.4) is 0 Å². The van der Waals surface area contributed by atoms with E-state index in [0.717, 1.165) is 12.0 Å². The first-order chi connectivity index (χ1) is 9.81. The molecule has 0 aliphatic rings. The van der Waals surface area contributed by atoms with Gasteiger partial charge in [-0.15, -0.1) is 0 Å². The van der Waals surface area contributed by atoms with Gasteiger partial charge in [0.25, 0.3) is 0 Å². The summed E-state index contributed by atoms with van der Waals surface area (Å²) in [5.41, 5.74) is 1.24. The van der Waals surface area contributed by atoms with Crippen molar-refractivity contribution < 1.29 is 14.7 Å². The van der Waals surface area contributed by atoms with E-state index in [4.69, 9.17) is 0 Å². The fourth-order valence-electron chi connectivity index (χ4n) is 2.19. The van der Waals surface area contributed by atoms with E-state index >= 15 is 0 Å². The van der Waals surface area contributed by atoms with Gasteiger partial charge in [0, 0.05) is 13.0 Å².